The van der Waals surface area contributed by atoms with Crippen molar-refractivity contribution in [2.75, 3.05) is 38.2 Å². The van der Waals surface area contributed by atoms with Crippen molar-refractivity contribution in [1.29, 1.82) is 0 Å². The summed E-state index contributed by atoms with van der Waals surface area (Å²) in [6.07, 6.45) is 1.63. The molecule has 0 spiro atoms. The molecule has 0 saturated carbocycles. The molecule has 0 radical (unpaired) electrons. The summed E-state index contributed by atoms with van der Waals surface area (Å²) in [6, 6.07) is 20.0. The standard InChI is InChI=1S/C32H41N3O6S/c1-6-20-33-32(37)28(7-2)34(21-19-25-11-9-8-10-12-25)31(36)23-35(26-15-18-29(40-4)30(22-26)41-5)42(38,39)27-16-13-24(3)14-17-27/h8-18,22,28H,6-7,19-21,23H2,1-5H3,(H,33,37). The average Bonchev–Trinajstić information content (AvgIpc) is 3.00. The van der Waals surface area contributed by atoms with Crippen LogP contribution in [-0.2, 0) is 26.0 Å². The summed E-state index contributed by atoms with van der Waals surface area (Å²) >= 11 is 0. The highest BCUT2D eigenvalue weighted by Gasteiger charge is 2.33. The maximum Gasteiger partial charge on any atom is 0.264 e. The lowest BCUT2D eigenvalue weighted by molar-refractivity contribution is -0.139. The normalized spacial score (nSPS) is 11.8. The molecular formula is C32H41N3O6S. The van der Waals surface area contributed by atoms with Crippen LogP contribution in [0.1, 0.15) is 37.8 Å². The zero-order valence-electron chi connectivity index (χ0n) is 25.0. The third kappa shape index (κ3) is 8.03. The molecule has 0 aliphatic rings. The number of nitrogens with one attached hydrogen (secondary N) is 1. The van der Waals surface area contributed by atoms with E-state index in [-0.39, 0.29) is 23.0 Å². The van der Waals surface area contributed by atoms with Crippen molar-refractivity contribution < 1.29 is 27.5 Å². The Kier molecular flexibility index (Phi) is 11.8. The van der Waals surface area contributed by atoms with Crippen molar-refractivity contribution in [2.24, 2.45) is 0 Å². The van der Waals surface area contributed by atoms with Crippen molar-refractivity contribution in [3.8, 4) is 11.5 Å². The fourth-order valence-corrected chi connectivity index (χ4v) is 6.01. The molecule has 2 amide bonds. The molecule has 10 heteroatoms. The van der Waals surface area contributed by atoms with E-state index in [2.05, 4.69) is 5.32 Å². The maximum atomic E-state index is 14.1. The summed E-state index contributed by atoms with van der Waals surface area (Å²) in [5, 5.41) is 2.90. The molecule has 1 unspecified atom stereocenters. The molecule has 1 N–H and O–H groups in total. The fourth-order valence-electron chi connectivity index (χ4n) is 4.61. The SMILES string of the molecule is CCCNC(=O)C(CC)N(CCc1ccccc1)C(=O)CN(c1ccc(OC)c(OC)c1)S(=O)(=O)c1ccc(C)cc1. The van der Waals surface area contributed by atoms with Crippen LogP contribution < -0.4 is 19.1 Å². The molecule has 3 aromatic rings. The summed E-state index contributed by atoms with van der Waals surface area (Å²) in [4.78, 5) is 28.8. The molecule has 0 aliphatic heterocycles. The second-order valence-corrected chi connectivity index (χ2v) is 11.8. The van der Waals surface area contributed by atoms with Gasteiger partial charge in [-0.25, -0.2) is 8.42 Å². The molecule has 1 atom stereocenters. The van der Waals surface area contributed by atoms with Gasteiger partial charge in [-0.15, -0.1) is 0 Å². The summed E-state index contributed by atoms with van der Waals surface area (Å²) in [6.45, 7) is 5.87. The highest BCUT2D eigenvalue weighted by Crippen LogP contribution is 2.34. The summed E-state index contributed by atoms with van der Waals surface area (Å²) in [7, 11) is -1.25. The van der Waals surface area contributed by atoms with Crippen LogP contribution in [0, 0.1) is 6.92 Å². The van der Waals surface area contributed by atoms with Gasteiger partial charge in [-0.3, -0.25) is 13.9 Å². The van der Waals surface area contributed by atoms with Gasteiger partial charge in [0, 0.05) is 19.2 Å². The van der Waals surface area contributed by atoms with Gasteiger partial charge in [0.15, 0.2) is 11.5 Å². The molecule has 42 heavy (non-hydrogen) atoms. The number of rotatable bonds is 15. The van der Waals surface area contributed by atoms with E-state index in [4.69, 9.17) is 9.47 Å². The smallest absolute Gasteiger partial charge is 0.264 e. The Hall–Kier alpha value is -4.05. The molecule has 0 bridgehead atoms. The molecule has 3 aromatic carbocycles. The van der Waals surface area contributed by atoms with Gasteiger partial charge in [-0.1, -0.05) is 61.9 Å². The van der Waals surface area contributed by atoms with Crippen molar-refractivity contribution in [1.82, 2.24) is 10.2 Å². The van der Waals surface area contributed by atoms with E-state index in [0.717, 1.165) is 21.9 Å². The Labute approximate surface area is 249 Å². The molecule has 226 valence electrons. The monoisotopic (exact) mass is 595 g/mol. The second kappa shape index (κ2) is 15.3. The van der Waals surface area contributed by atoms with Crippen molar-refractivity contribution in [3.05, 3.63) is 83.9 Å². The largest absolute Gasteiger partial charge is 0.493 e. The number of ether oxygens (including phenoxy) is 2. The average molecular weight is 596 g/mol. The number of hydrogen-bond donors (Lipinski definition) is 1. The van der Waals surface area contributed by atoms with Crippen LogP contribution >= 0.6 is 0 Å². The maximum absolute atomic E-state index is 14.1. The number of methoxy groups -OCH3 is 2. The predicted octanol–water partition coefficient (Wildman–Crippen LogP) is 4.58. The van der Waals surface area contributed by atoms with Gasteiger partial charge in [0.25, 0.3) is 10.0 Å². The Morgan fingerprint density at radius 3 is 2.17 bits per heavy atom. The molecule has 0 heterocycles. The molecule has 0 aliphatic carbocycles. The minimum atomic E-state index is -4.19. The highest BCUT2D eigenvalue weighted by atomic mass is 32.2. The van der Waals surface area contributed by atoms with E-state index in [0.29, 0.717) is 30.9 Å². The number of benzene rings is 3. The quantitative estimate of drug-likeness (QED) is 0.276. The van der Waals surface area contributed by atoms with Gasteiger partial charge in [-0.05, 0) is 56.0 Å². The van der Waals surface area contributed by atoms with Crippen molar-refractivity contribution >= 4 is 27.5 Å². The summed E-state index contributed by atoms with van der Waals surface area (Å²) in [5.41, 5.74) is 2.13. The fraction of sp³-hybridized carbons (Fsp3) is 0.375. The van der Waals surface area contributed by atoms with E-state index < -0.39 is 28.5 Å². The van der Waals surface area contributed by atoms with Crippen LogP contribution in [0.3, 0.4) is 0 Å². The van der Waals surface area contributed by atoms with Crippen LogP contribution in [-0.4, -0.2) is 65.0 Å². The molecule has 0 fully saturated rings. The van der Waals surface area contributed by atoms with Crippen molar-refractivity contribution in [2.45, 2.75) is 51.0 Å². The zero-order valence-corrected chi connectivity index (χ0v) is 25.8. The predicted molar refractivity (Wildman–Crippen MR) is 164 cm³/mol. The van der Waals surface area contributed by atoms with Gasteiger partial charge in [0.1, 0.15) is 12.6 Å². The number of carbonyl (C=O) groups is 2. The van der Waals surface area contributed by atoms with Crippen LogP contribution in [0.15, 0.2) is 77.7 Å². The lowest BCUT2D eigenvalue weighted by atomic mass is 10.1. The van der Waals surface area contributed by atoms with E-state index in [1.54, 1.807) is 24.3 Å². The number of hydrogen-bond acceptors (Lipinski definition) is 6. The third-order valence-electron chi connectivity index (χ3n) is 6.96. The molecule has 3 rings (SSSR count). The first-order chi connectivity index (χ1) is 20.2. The number of nitrogens with zero attached hydrogens (tertiary/aromatic N) is 2. The van der Waals surface area contributed by atoms with Gasteiger partial charge in [0.05, 0.1) is 24.8 Å². The van der Waals surface area contributed by atoms with Gasteiger partial charge < -0.3 is 19.7 Å². The second-order valence-electron chi connectivity index (χ2n) is 9.90. The first kappa shape index (κ1) is 32.5. The topological polar surface area (TPSA) is 105 Å². The van der Waals surface area contributed by atoms with E-state index in [1.807, 2.05) is 51.1 Å². The number of sulfonamides is 1. The number of carbonyl (C=O) groups excluding carboxylic acids is 2. The minimum absolute atomic E-state index is 0.0410. The van der Waals surface area contributed by atoms with Gasteiger partial charge in [-0.2, -0.15) is 0 Å². The van der Waals surface area contributed by atoms with Gasteiger partial charge in [0.2, 0.25) is 11.8 Å². The van der Waals surface area contributed by atoms with Crippen LogP contribution in [0.5, 0.6) is 11.5 Å². The highest BCUT2D eigenvalue weighted by molar-refractivity contribution is 7.92. The lowest BCUT2D eigenvalue weighted by Crippen LogP contribution is -2.53. The van der Waals surface area contributed by atoms with Crippen LogP contribution in [0.25, 0.3) is 0 Å². The first-order valence-electron chi connectivity index (χ1n) is 14.1. The Morgan fingerprint density at radius 2 is 1.57 bits per heavy atom. The number of anilines is 1. The molecule has 9 nitrogen and oxygen atoms in total. The lowest BCUT2D eigenvalue weighted by Gasteiger charge is -2.33. The van der Waals surface area contributed by atoms with Crippen LogP contribution in [0.2, 0.25) is 0 Å². The molecule has 0 aromatic heterocycles. The molecular weight excluding hydrogens is 554 g/mol. The Morgan fingerprint density at radius 1 is 0.905 bits per heavy atom. The van der Waals surface area contributed by atoms with Crippen LogP contribution in [0.4, 0.5) is 5.69 Å². The molecule has 0 saturated heterocycles. The summed E-state index contributed by atoms with van der Waals surface area (Å²) < 4.78 is 39.9. The third-order valence-corrected chi connectivity index (χ3v) is 8.75. The summed E-state index contributed by atoms with van der Waals surface area (Å²) in [5.74, 6) is -0.0176. The first-order valence-corrected chi connectivity index (χ1v) is 15.5. The number of amides is 2. The minimum Gasteiger partial charge on any atom is -0.493 e. The zero-order chi connectivity index (χ0) is 30.7. The Balaban J connectivity index is 2.06. The van der Waals surface area contributed by atoms with E-state index in [9.17, 15) is 18.0 Å². The Bertz CT molecular complexity index is 1430. The number of aryl methyl sites for hydroxylation is 1. The van der Waals surface area contributed by atoms with E-state index in [1.165, 1.54) is 37.3 Å². The van der Waals surface area contributed by atoms with E-state index >= 15 is 0 Å². The van der Waals surface area contributed by atoms with Crippen molar-refractivity contribution in [3.63, 3.8) is 0 Å². The van der Waals surface area contributed by atoms with Gasteiger partial charge >= 0.3 is 0 Å².